The van der Waals surface area contributed by atoms with Crippen LogP contribution in [0.5, 0.6) is 0 Å². The largest absolute Gasteiger partial charge is 0.0911 e. The molecule has 1 aromatic rings. The maximum absolute atomic E-state index is 3.93. The summed E-state index contributed by atoms with van der Waals surface area (Å²) in [4.78, 5) is 0. The van der Waals surface area contributed by atoms with Crippen LogP contribution in [0.15, 0.2) is 60.7 Å². The molecule has 0 unspecified atom stereocenters. The van der Waals surface area contributed by atoms with E-state index in [0.29, 0.717) is 0 Å². The van der Waals surface area contributed by atoms with Crippen molar-refractivity contribution in [3.05, 3.63) is 66.3 Å². The SMILES string of the molecule is C=C1C=C(c2ccccc2)C1=C. The normalized spacial score (nSPS) is 15.5. The minimum Gasteiger partial charge on any atom is -0.0911 e. The van der Waals surface area contributed by atoms with Gasteiger partial charge in [0, 0.05) is 0 Å². The Hall–Kier alpha value is -1.56. The van der Waals surface area contributed by atoms with Crippen molar-refractivity contribution in [2.75, 3.05) is 0 Å². The number of benzene rings is 1. The molecule has 0 heterocycles. The van der Waals surface area contributed by atoms with E-state index in [1.54, 1.807) is 0 Å². The smallest absolute Gasteiger partial charge is 0.0106 e. The van der Waals surface area contributed by atoms with Crippen LogP contribution in [0.3, 0.4) is 0 Å². The van der Waals surface area contributed by atoms with Crippen molar-refractivity contribution >= 4 is 5.57 Å². The number of allylic oxidation sites excluding steroid dienone is 4. The maximum Gasteiger partial charge on any atom is -0.0106 e. The third-order valence-corrected chi connectivity index (χ3v) is 2.12. The fraction of sp³-hybridized carbons (Fsp3) is 0. The van der Waals surface area contributed by atoms with Gasteiger partial charge in [-0.25, -0.2) is 0 Å². The molecule has 0 radical (unpaired) electrons. The van der Waals surface area contributed by atoms with Gasteiger partial charge in [0.1, 0.15) is 0 Å². The van der Waals surface area contributed by atoms with Crippen LogP contribution in [0.4, 0.5) is 0 Å². The van der Waals surface area contributed by atoms with E-state index in [1.807, 2.05) is 18.2 Å². The van der Waals surface area contributed by atoms with Gasteiger partial charge in [-0.05, 0) is 28.4 Å². The van der Waals surface area contributed by atoms with Crippen LogP contribution in [-0.2, 0) is 0 Å². The van der Waals surface area contributed by atoms with Crippen LogP contribution in [-0.4, -0.2) is 0 Å². The molecule has 1 aliphatic carbocycles. The van der Waals surface area contributed by atoms with Gasteiger partial charge in [0.15, 0.2) is 0 Å². The quantitative estimate of drug-likeness (QED) is 0.582. The second-order valence-corrected chi connectivity index (χ2v) is 2.93. The highest BCUT2D eigenvalue weighted by Crippen LogP contribution is 2.36. The number of hydrogen-bond donors (Lipinski definition) is 0. The van der Waals surface area contributed by atoms with Crippen LogP contribution in [0, 0.1) is 0 Å². The fourth-order valence-electron chi connectivity index (χ4n) is 1.32. The molecule has 1 aliphatic rings. The van der Waals surface area contributed by atoms with Crippen LogP contribution in [0.25, 0.3) is 5.57 Å². The van der Waals surface area contributed by atoms with E-state index >= 15 is 0 Å². The zero-order chi connectivity index (χ0) is 8.55. The lowest BCUT2D eigenvalue weighted by atomic mass is 9.84. The van der Waals surface area contributed by atoms with Gasteiger partial charge in [0.25, 0.3) is 0 Å². The lowest BCUT2D eigenvalue weighted by molar-refractivity contribution is 1.47. The predicted molar refractivity (Wildman–Crippen MR) is 52.7 cm³/mol. The van der Waals surface area contributed by atoms with Gasteiger partial charge in [0.05, 0.1) is 0 Å². The number of hydrogen-bond acceptors (Lipinski definition) is 0. The highest BCUT2D eigenvalue weighted by atomic mass is 14.2. The summed E-state index contributed by atoms with van der Waals surface area (Å²) in [6.07, 6.45) is 2.07. The van der Waals surface area contributed by atoms with E-state index in [2.05, 4.69) is 31.4 Å². The highest BCUT2D eigenvalue weighted by molar-refractivity contribution is 5.93. The van der Waals surface area contributed by atoms with Gasteiger partial charge in [0.2, 0.25) is 0 Å². The second-order valence-electron chi connectivity index (χ2n) is 2.93. The highest BCUT2D eigenvalue weighted by Gasteiger charge is 2.15. The van der Waals surface area contributed by atoms with E-state index in [1.165, 1.54) is 11.1 Å². The Labute approximate surface area is 72.5 Å². The number of rotatable bonds is 1. The summed E-state index contributed by atoms with van der Waals surface area (Å²) >= 11 is 0. The summed E-state index contributed by atoms with van der Waals surface area (Å²) in [5, 5.41) is 0. The first-order chi connectivity index (χ1) is 5.79. The molecule has 0 fully saturated rings. The zero-order valence-electron chi connectivity index (χ0n) is 6.88. The van der Waals surface area contributed by atoms with Gasteiger partial charge in [-0.15, -0.1) is 0 Å². The molecule has 0 N–H and O–H groups in total. The van der Waals surface area contributed by atoms with Gasteiger partial charge in [-0.3, -0.25) is 0 Å². The monoisotopic (exact) mass is 154 g/mol. The molecular weight excluding hydrogens is 144 g/mol. The minimum atomic E-state index is 1.05. The van der Waals surface area contributed by atoms with E-state index in [0.717, 1.165) is 11.1 Å². The van der Waals surface area contributed by atoms with Crippen molar-refractivity contribution in [3.63, 3.8) is 0 Å². The molecule has 0 saturated heterocycles. The molecule has 2 rings (SSSR count). The van der Waals surface area contributed by atoms with Crippen LogP contribution < -0.4 is 0 Å². The van der Waals surface area contributed by atoms with E-state index in [4.69, 9.17) is 0 Å². The van der Waals surface area contributed by atoms with Gasteiger partial charge in [-0.1, -0.05) is 43.5 Å². The average Bonchev–Trinajstić information content (AvgIpc) is 2.15. The Balaban J connectivity index is 2.42. The summed E-state index contributed by atoms with van der Waals surface area (Å²) in [5.74, 6) is 0. The van der Waals surface area contributed by atoms with Crippen molar-refractivity contribution < 1.29 is 0 Å². The van der Waals surface area contributed by atoms with Crippen molar-refractivity contribution in [1.29, 1.82) is 0 Å². The predicted octanol–water partition coefficient (Wildman–Crippen LogP) is 3.20. The third-order valence-electron chi connectivity index (χ3n) is 2.12. The Morgan fingerprint density at radius 3 is 2.08 bits per heavy atom. The third kappa shape index (κ3) is 0.928. The lowest BCUT2D eigenvalue weighted by Crippen LogP contribution is -2.00. The Morgan fingerprint density at radius 2 is 1.58 bits per heavy atom. The summed E-state index contributed by atoms with van der Waals surface area (Å²) in [6, 6.07) is 10.3. The molecule has 0 aliphatic heterocycles. The topological polar surface area (TPSA) is 0 Å². The van der Waals surface area contributed by atoms with Gasteiger partial charge in [-0.2, -0.15) is 0 Å². The Morgan fingerprint density at radius 1 is 0.917 bits per heavy atom. The molecule has 0 bridgehead atoms. The van der Waals surface area contributed by atoms with Crippen molar-refractivity contribution in [1.82, 2.24) is 0 Å². The molecule has 58 valence electrons. The lowest BCUT2D eigenvalue weighted by Gasteiger charge is -2.20. The molecular formula is C12H10. The molecule has 12 heavy (non-hydrogen) atoms. The molecule has 0 atom stereocenters. The molecule has 1 aromatic carbocycles. The molecule has 0 nitrogen and oxygen atoms in total. The minimum absolute atomic E-state index is 1.05. The van der Waals surface area contributed by atoms with Crippen LogP contribution >= 0.6 is 0 Å². The molecule has 0 aromatic heterocycles. The van der Waals surface area contributed by atoms with Gasteiger partial charge < -0.3 is 0 Å². The Kier molecular flexibility index (Phi) is 1.47. The summed E-state index contributed by atoms with van der Waals surface area (Å²) in [6.45, 7) is 7.77. The van der Waals surface area contributed by atoms with Crippen molar-refractivity contribution in [3.8, 4) is 0 Å². The molecule has 0 spiro atoms. The standard InChI is InChI=1S/C12H10/c1-9-8-12(10(9)2)11-6-4-3-5-7-11/h3-8H,1-2H2. The average molecular weight is 154 g/mol. The zero-order valence-corrected chi connectivity index (χ0v) is 6.88. The summed E-state index contributed by atoms with van der Waals surface area (Å²) < 4.78 is 0. The second kappa shape index (κ2) is 2.49. The molecule has 0 amide bonds. The van der Waals surface area contributed by atoms with E-state index in [9.17, 15) is 0 Å². The van der Waals surface area contributed by atoms with Crippen LogP contribution in [0.1, 0.15) is 5.56 Å². The molecule has 0 saturated carbocycles. The van der Waals surface area contributed by atoms with Crippen LogP contribution in [0.2, 0.25) is 0 Å². The Bertz CT molecular complexity index is 366. The first-order valence-corrected chi connectivity index (χ1v) is 3.95. The van der Waals surface area contributed by atoms with Gasteiger partial charge >= 0.3 is 0 Å². The maximum atomic E-state index is 3.93. The summed E-state index contributed by atoms with van der Waals surface area (Å²) in [5.41, 5.74) is 4.57. The first-order valence-electron chi connectivity index (χ1n) is 3.95. The first kappa shape index (κ1) is 7.11. The fourth-order valence-corrected chi connectivity index (χ4v) is 1.32. The summed E-state index contributed by atoms with van der Waals surface area (Å²) in [7, 11) is 0. The van der Waals surface area contributed by atoms with E-state index < -0.39 is 0 Å². The van der Waals surface area contributed by atoms with E-state index in [-0.39, 0.29) is 0 Å². The molecule has 0 heteroatoms. The van der Waals surface area contributed by atoms with Crippen molar-refractivity contribution in [2.45, 2.75) is 0 Å². The van der Waals surface area contributed by atoms with Crippen molar-refractivity contribution in [2.24, 2.45) is 0 Å².